The van der Waals surface area contributed by atoms with Crippen LogP contribution in [0.25, 0.3) is 0 Å². The number of carboxylic acids is 1. The average molecular weight is 334 g/mol. The molecule has 0 amide bonds. The van der Waals surface area contributed by atoms with Crippen LogP contribution >= 0.6 is 11.6 Å². The number of benzene rings is 1. The maximum Gasteiger partial charge on any atom is 0.417 e. The van der Waals surface area contributed by atoms with Crippen molar-refractivity contribution in [3.63, 3.8) is 0 Å². The molecule has 0 heterocycles. The molecule has 0 spiro atoms. The van der Waals surface area contributed by atoms with Crippen LogP contribution < -0.4 is 5.11 Å². The van der Waals surface area contributed by atoms with Crippen molar-refractivity contribution in [1.82, 2.24) is 0 Å². The quantitative estimate of drug-likeness (QED) is 0.609. The molecule has 0 radical (unpaired) electrons. The Balaban J connectivity index is 2.47. The summed E-state index contributed by atoms with van der Waals surface area (Å²) in [6.07, 6.45) is -4.07. The van der Waals surface area contributed by atoms with Gasteiger partial charge in [-0.1, -0.05) is 11.6 Å². The van der Waals surface area contributed by atoms with Crippen LogP contribution in [0.2, 0.25) is 5.02 Å². The fourth-order valence-electron chi connectivity index (χ4n) is 2.08. The first-order chi connectivity index (χ1) is 10.1. The van der Waals surface area contributed by atoms with Crippen LogP contribution in [-0.4, -0.2) is 17.5 Å². The number of carboxylic acid groups (broad SMARTS) is 1. The Bertz CT molecular complexity index is 650. The summed E-state index contributed by atoms with van der Waals surface area (Å²) in [4.78, 5) is 35.1. The molecular formula is C14H9ClF3O4-. The van der Waals surface area contributed by atoms with E-state index in [1.54, 1.807) is 0 Å². The molecule has 8 heteroatoms. The van der Waals surface area contributed by atoms with Crippen molar-refractivity contribution in [2.75, 3.05) is 0 Å². The Morgan fingerprint density at radius 3 is 2.27 bits per heavy atom. The molecule has 0 aromatic heterocycles. The predicted molar refractivity (Wildman–Crippen MR) is 67.0 cm³/mol. The highest BCUT2D eigenvalue weighted by molar-refractivity contribution is 6.31. The molecule has 1 atom stereocenters. The lowest BCUT2D eigenvalue weighted by Crippen LogP contribution is -2.42. The van der Waals surface area contributed by atoms with Gasteiger partial charge in [0.15, 0.2) is 11.6 Å². The molecule has 2 rings (SSSR count). The van der Waals surface area contributed by atoms with Gasteiger partial charge in [-0.15, -0.1) is 0 Å². The fraction of sp³-hybridized carbons (Fsp3) is 0.357. The SMILES string of the molecule is O=C([O-])C(C(=O)c1ccc(Cl)cc1C(F)(F)F)C(=O)C1CC1. The largest absolute Gasteiger partial charge is 0.549 e. The molecular weight excluding hydrogens is 325 g/mol. The van der Waals surface area contributed by atoms with Crippen LogP contribution in [0, 0.1) is 11.8 Å². The van der Waals surface area contributed by atoms with Crippen molar-refractivity contribution >= 4 is 29.1 Å². The van der Waals surface area contributed by atoms with E-state index in [-0.39, 0.29) is 5.02 Å². The van der Waals surface area contributed by atoms with Gasteiger partial charge < -0.3 is 9.90 Å². The number of halogens is 4. The number of carbonyl (C=O) groups excluding carboxylic acids is 3. The Labute approximate surface area is 127 Å². The monoisotopic (exact) mass is 333 g/mol. The van der Waals surface area contributed by atoms with Gasteiger partial charge in [0, 0.05) is 16.5 Å². The fourth-order valence-corrected chi connectivity index (χ4v) is 2.25. The zero-order chi connectivity index (χ0) is 16.7. The number of rotatable bonds is 5. The van der Waals surface area contributed by atoms with Gasteiger partial charge in [-0.25, -0.2) is 0 Å². The number of hydrogen-bond acceptors (Lipinski definition) is 4. The third-order valence-electron chi connectivity index (χ3n) is 3.31. The molecule has 1 aromatic rings. The van der Waals surface area contributed by atoms with Crippen LogP contribution in [-0.2, 0) is 15.8 Å². The second-order valence-corrected chi connectivity index (χ2v) is 5.42. The van der Waals surface area contributed by atoms with E-state index in [1.807, 2.05) is 0 Å². The highest BCUT2D eigenvalue weighted by atomic mass is 35.5. The molecule has 118 valence electrons. The molecule has 1 unspecified atom stereocenters. The number of Topliss-reactive ketones (excluding diaryl/α,β-unsaturated/α-hetero) is 2. The Morgan fingerprint density at radius 1 is 1.23 bits per heavy atom. The van der Waals surface area contributed by atoms with E-state index < -0.39 is 46.7 Å². The van der Waals surface area contributed by atoms with Crippen molar-refractivity contribution in [2.45, 2.75) is 19.0 Å². The van der Waals surface area contributed by atoms with Crippen LogP contribution in [0.15, 0.2) is 18.2 Å². The van der Waals surface area contributed by atoms with Gasteiger partial charge in [0.2, 0.25) is 0 Å². The van der Waals surface area contributed by atoms with E-state index in [0.717, 1.165) is 12.1 Å². The molecule has 1 aliphatic rings. The molecule has 22 heavy (non-hydrogen) atoms. The third-order valence-corrected chi connectivity index (χ3v) is 3.55. The summed E-state index contributed by atoms with van der Waals surface area (Å²) in [5, 5.41) is 10.8. The first-order valence-corrected chi connectivity index (χ1v) is 6.66. The summed E-state index contributed by atoms with van der Waals surface area (Å²) in [5.41, 5.74) is -2.28. The van der Waals surface area contributed by atoms with Crippen molar-refractivity contribution in [3.8, 4) is 0 Å². The Morgan fingerprint density at radius 2 is 1.82 bits per heavy atom. The van der Waals surface area contributed by atoms with Gasteiger partial charge in [0.05, 0.1) is 11.5 Å². The summed E-state index contributed by atoms with van der Waals surface area (Å²) in [6, 6.07) is 2.31. The van der Waals surface area contributed by atoms with Gasteiger partial charge in [0.1, 0.15) is 5.92 Å². The number of alkyl halides is 3. The van der Waals surface area contributed by atoms with Crippen molar-refractivity contribution < 1.29 is 32.7 Å². The van der Waals surface area contributed by atoms with E-state index in [2.05, 4.69) is 0 Å². The molecule has 1 fully saturated rings. The minimum Gasteiger partial charge on any atom is -0.549 e. The molecule has 0 N–H and O–H groups in total. The van der Waals surface area contributed by atoms with Crippen LogP contribution in [0.3, 0.4) is 0 Å². The number of carbonyl (C=O) groups is 3. The van der Waals surface area contributed by atoms with Crippen LogP contribution in [0.4, 0.5) is 13.2 Å². The molecule has 1 aliphatic carbocycles. The molecule has 0 saturated heterocycles. The number of hydrogen-bond donors (Lipinski definition) is 0. The van der Waals surface area contributed by atoms with Crippen LogP contribution in [0.5, 0.6) is 0 Å². The zero-order valence-electron chi connectivity index (χ0n) is 10.9. The zero-order valence-corrected chi connectivity index (χ0v) is 11.7. The average Bonchev–Trinajstić information content (AvgIpc) is 3.21. The summed E-state index contributed by atoms with van der Waals surface area (Å²) in [5.74, 6) is -7.16. The molecule has 0 bridgehead atoms. The smallest absolute Gasteiger partial charge is 0.417 e. The van der Waals surface area contributed by atoms with E-state index in [0.29, 0.717) is 18.9 Å². The molecule has 0 aliphatic heterocycles. The van der Waals surface area contributed by atoms with Gasteiger partial charge in [-0.05, 0) is 31.0 Å². The topological polar surface area (TPSA) is 74.3 Å². The number of ketones is 2. The van der Waals surface area contributed by atoms with Gasteiger partial charge in [-0.3, -0.25) is 9.59 Å². The van der Waals surface area contributed by atoms with Crippen molar-refractivity contribution in [3.05, 3.63) is 34.3 Å². The van der Waals surface area contributed by atoms with Crippen LogP contribution in [0.1, 0.15) is 28.8 Å². The molecule has 1 saturated carbocycles. The maximum atomic E-state index is 13.0. The van der Waals surface area contributed by atoms with E-state index in [4.69, 9.17) is 11.6 Å². The standard InChI is InChI=1S/C14H10ClF3O4/c15-7-3-4-8(9(5-7)14(16,17)18)12(20)10(13(21)22)11(19)6-1-2-6/h3-6,10H,1-2H2,(H,21,22)/p-1. The Kier molecular flexibility index (Phi) is 4.28. The van der Waals surface area contributed by atoms with Crippen molar-refractivity contribution in [1.29, 1.82) is 0 Å². The predicted octanol–water partition coefficient (Wildman–Crippen LogP) is 1.89. The highest BCUT2D eigenvalue weighted by Crippen LogP contribution is 2.37. The second-order valence-electron chi connectivity index (χ2n) is 4.98. The molecule has 4 nitrogen and oxygen atoms in total. The first kappa shape index (κ1) is 16.5. The number of aliphatic carboxylic acids is 1. The van der Waals surface area contributed by atoms with Gasteiger partial charge >= 0.3 is 6.18 Å². The summed E-state index contributed by atoms with van der Waals surface area (Å²) < 4.78 is 38.9. The van der Waals surface area contributed by atoms with E-state index in [1.165, 1.54) is 0 Å². The lowest BCUT2D eigenvalue weighted by atomic mass is 9.89. The second kappa shape index (κ2) is 5.72. The third kappa shape index (κ3) is 3.30. The Hall–Kier alpha value is -1.89. The van der Waals surface area contributed by atoms with Gasteiger partial charge in [-0.2, -0.15) is 13.2 Å². The van der Waals surface area contributed by atoms with E-state index in [9.17, 15) is 32.7 Å². The summed E-state index contributed by atoms with van der Waals surface area (Å²) in [7, 11) is 0. The maximum absolute atomic E-state index is 13.0. The minimum atomic E-state index is -4.91. The highest BCUT2D eigenvalue weighted by Gasteiger charge is 2.42. The summed E-state index contributed by atoms with van der Waals surface area (Å²) >= 11 is 5.49. The lowest BCUT2D eigenvalue weighted by Gasteiger charge is -2.18. The van der Waals surface area contributed by atoms with Gasteiger partial charge in [0.25, 0.3) is 0 Å². The lowest BCUT2D eigenvalue weighted by molar-refractivity contribution is -0.307. The first-order valence-electron chi connectivity index (χ1n) is 6.28. The normalized spacial score (nSPS) is 16.2. The van der Waals surface area contributed by atoms with E-state index >= 15 is 0 Å². The summed E-state index contributed by atoms with van der Waals surface area (Å²) in [6.45, 7) is 0. The molecule has 1 aromatic carbocycles. The minimum absolute atomic E-state index is 0.262. The van der Waals surface area contributed by atoms with Crippen molar-refractivity contribution in [2.24, 2.45) is 11.8 Å².